The molecule has 0 spiro atoms. The van der Waals surface area contributed by atoms with Crippen molar-refractivity contribution in [2.75, 3.05) is 13.6 Å². The molecule has 3 nitrogen and oxygen atoms in total. The summed E-state index contributed by atoms with van der Waals surface area (Å²) in [5, 5.41) is 0. The number of rotatable bonds is 7. The standard InChI is InChI=1S/C15H20N2O.C9H20.4C2H6/c1-12-10-11-17(14(18)16(12)4)15(2,3)13-8-6-5-7-9-13;1-4-5-6-7-8-9(2)3;4*1-2/h5-9H,1,10-11H2,2-4H3;9H,4-8H2,1-3H3;4*1-2H3. The fraction of sp³-hybridized carbons (Fsp3) is 0.719. The summed E-state index contributed by atoms with van der Waals surface area (Å²) in [6.45, 7) is 31.7. The smallest absolute Gasteiger partial charge is 0.315 e. The minimum absolute atomic E-state index is 0.0279. The predicted molar refractivity (Wildman–Crippen MR) is 162 cm³/mol. The second kappa shape index (κ2) is 26.8. The highest BCUT2D eigenvalue weighted by Crippen LogP contribution is 2.32. The zero-order valence-electron chi connectivity index (χ0n) is 26.4. The van der Waals surface area contributed by atoms with Crippen LogP contribution in [0.15, 0.2) is 42.6 Å². The van der Waals surface area contributed by atoms with Crippen LogP contribution in [-0.4, -0.2) is 29.4 Å². The largest absolute Gasteiger partial charge is 0.324 e. The van der Waals surface area contributed by atoms with Crippen molar-refractivity contribution >= 4 is 6.03 Å². The van der Waals surface area contributed by atoms with Crippen LogP contribution in [0.25, 0.3) is 0 Å². The fourth-order valence-corrected chi connectivity index (χ4v) is 3.32. The molecular formula is C32H64N2O. The topological polar surface area (TPSA) is 23.6 Å². The SMILES string of the molecule is C=C1CCN(C(C)(C)c2ccccc2)C(=O)N1C.CC.CC.CC.CC.CCCCCCC(C)C. The Morgan fingerprint density at radius 1 is 0.886 bits per heavy atom. The van der Waals surface area contributed by atoms with Gasteiger partial charge in [-0.1, -0.05) is 145 Å². The molecule has 2 amide bonds. The van der Waals surface area contributed by atoms with Gasteiger partial charge in [-0.3, -0.25) is 0 Å². The van der Waals surface area contributed by atoms with Crippen LogP contribution in [0.3, 0.4) is 0 Å². The van der Waals surface area contributed by atoms with Crippen molar-refractivity contribution in [1.29, 1.82) is 0 Å². The second-order valence-corrected chi connectivity index (χ2v) is 8.48. The molecule has 1 aliphatic rings. The van der Waals surface area contributed by atoms with E-state index in [0.29, 0.717) is 0 Å². The Labute approximate surface area is 222 Å². The predicted octanol–water partition coefficient (Wildman–Crippen LogP) is 10.9. The first-order valence-corrected chi connectivity index (χ1v) is 14.5. The van der Waals surface area contributed by atoms with Crippen molar-refractivity contribution in [3.05, 3.63) is 48.2 Å². The number of urea groups is 1. The minimum atomic E-state index is -0.298. The molecule has 0 N–H and O–H groups in total. The molecule has 0 radical (unpaired) electrons. The highest BCUT2D eigenvalue weighted by molar-refractivity contribution is 5.78. The minimum Gasteiger partial charge on any atom is -0.315 e. The second-order valence-electron chi connectivity index (χ2n) is 8.48. The molecule has 1 aliphatic heterocycles. The van der Waals surface area contributed by atoms with Crippen LogP contribution in [0.4, 0.5) is 4.79 Å². The Hall–Kier alpha value is -1.77. The van der Waals surface area contributed by atoms with Crippen LogP contribution >= 0.6 is 0 Å². The molecule has 0 aromatic heterocycles. The lowest BCUT2D eigenvalue weighted by Crippen LogP contribution is -2.54. The van der Waals surface area contributed by atoms with Gasteiger partial charge < -0.3 is 9.80 Å². The number of amides is 2. The number of benzene rings is 1. The van der Waals surface area contributed by atoms with Gasteiger partial charge in [0.1, 0.15) is 0 Å². The number of hydrogen-bond acceptors (Lipinski definition) is 1. The van der Waals surface area contributed by atoms with Crippen LogP contribution < -0.4 is 0 Å². The van der Waals surface area contributed by atoms with E-state index in [-0.39, 0.29) is 11.6 Å². The number of nitrogens with zero attached hydrogens (tertiary/aromatic N) is 2. The van der Waals surface area contributed by atoms with Crippen molar-refractivity contribution in [2.45, 2.75) is 134 Å². The quantitative estimate of drug-likeness (QED) is 0.347. The zero-order chi connectivity index (χ0) is 28.4. The molecular weight excluding hydrogens is 428 g/mol. The van der Waals surface area contributed by atoms with Gasteiger partial charge in [0.05, 0.1) is 5.54 Å². The molecule has 1 heterocycles. The number of hydrogen-bond donors (Lipinski definition) is 0. The Balaban J connectivity index is -0.000000240. The molecule has 0 unspecified atom stereocenters. The zero-order valence-corrected chi connectivity index (χ0v) is 26.4. The molecule has 0 bridgehead atoms. The summed E-state index contributed by atoms with van der Waals surface area (Å²) in [6.07, 6.45) is 7.91. The van der Waals surface area contributed by atoms with E-state index in [0.717, 1.165) is 30.1 Å². The van der Waals surface area contributed by atoms with Crippen molar-refractivity contribution in [2.24, 2.45) is 5.92 Å². The summed E-state index contributed by atoms with van der Waals surface area (Å²) in [6, 6.07) is 10.2. The van der Waals surface area contributed by atoms with E-state index < -0.39 is 0 Å². The lowest BCUT2D eigenvalue weighted by atomic mass is 9.91. The summed E-state index contributed by atoms with van der Waals surface area (Å²) < 4.78 is 0. The first kappa shape index (κ1) is 40.4. The maximum atomic E-state index is 12.3. The van der Waals surface area contributed by atoms with Crippen molar-refractivity contribution in [3.8, 4) is 0 Å². The summed E-state index contributed by atoms with van der Waals surface area (Å²) >= 11 is 0. The molecule has 0 saturated carbocycles. The van der Waals surface area contributed by atoms with Crippen molar-refractivity contribution < 1.29 is 4.79 Å². The highest BCUT2D eigenvalue weighted by Gasteiger charge is 2.37. The monoisotopic (exact) mass is 493 g/mol. The molecule has 1 fully saturated rings. The summed E-state index contributed by atoms with van der Waals surface area (Å²) in [4.78, 5) is 15.9. The van der Waals surface area contributed by atoms with Gasteiger partial charge in [-0.05, 0) is 25.3 Å². The van der Waals surface area contributed by atoms with Gasteiger partial charge in [-0.15, -0.1) is 0 Å². The molecule has 1 aromatic rings. The Kier molecular flexibility index (Phi) is 31.0. The molecule has 0 atom stereocenters. The van der Waals surface area contributed by atoms with Gasteiger partial charge in [-0.2, -0.15) is 0 Å². The van der Waals surface area contributed by atoms with E-state index in [4.69, 9.17) is 0 Å². The van der Waals surface area contributed by atoms with E-state index in [1.54, 1.807) is 11.9 Å². The van der Waals surface area contributed by atoms with Gasteiger partial charge >= 0.3 is 6.03 Å². The van der Waals surface area contributed by atoms with Crippen molar-refractivity contribution in [1.82, 2.24) is 9.80 Å². The van der Waals surface area contributed by atoms with Gasteiger partial charge in [0, 0.05) is 25.7 Å². The number of carbonyl (C=O) groups is 1. The fourth-order valence-electron chi connectivity index (χ4n) is 3.32. The normalized spacial score (nSPS) is 12.3. The maximum absolute atomic E-state index is 12.3. The van der Waals surface area contributed by atoms with Gasteiger partial charge in [-0.25, -0.2) is 4.79 Å². The Morgan fingerprint density at radius 3 is 1.80 bits per heavy atom. The number of unbranched alkanes of at least 4 members (excludes halogenated alkanes) is 3. The van der Waals surface area contributed by atoms with E-state index in [9.17, 15) is 4.79 Å². The first-order chi connectivity index (χ1) is 16.7. The van der Waals surface area contributed by atoms with Crippen LogP contribution in [0.1, 0.15) is 134 Å². The summed E-state index contributed by atoms with van der Waals surface area (Å²) in [5.74, 6) is 0.904. The first-order valence-electron chi connectivity index (χ1n) is 14.5. The van der Waals surface area contributed by atoms with Crippen LogP contribution in [0, 0.1) is 5.92 Å². The molecule has 3 heteroatoms. The van der Waals surface area contributed by atoms with Crippen LogP contribution in [-0.2, 0) is 5.54 Å². The molecule has 208 valence electrons. The van der Waals surface area contributed by atoms with Crippen molar-refractivity contribution in [3.63, 3.8) is 0 Å². The Morgan fingerprint density at radius 2 is 1.37 bits per heavy atom. The van der Waals surface area contributed by atoms with Gasteiger partial charge in [0.25, 0.3) is 0 Å². The van der Waals surface area contributed by atoms with Gasteiger partial charge in [0.2, 0.25) is 0 Å². The van der Waals surface area contributed by atoms with E-state index in [2.05, 4.69) is 53.3 Å². The maximum Gasteiger partial charge on any atom is 0.324 e. The van der Waals surface area contributed by atoms with E-state index in [1.165, 1.54) is 32.1 Å². The average Bonchev–Trinajstić information content (AvgIpc) is 2.90. The average molecular weight is 493 g/mol. The third-order valence-electron chi connectivity index (χ3n) is 5.41. The summed E-state index contributed by atoms with van der Waals surface area (Å²) in [7, 11) is 1.79. The lowest BCUT2D eigenvalue weighted by Gasteiger charge is -2.44. The molecule has 0 aliphatic carbocycles. The molecule has 1 saturated heterocycles. The van der Waals surface area contributed by atoms with Crippen LogP contribution in [0.2, 0.25) is 0 Å². The molecule has 2 rings (SSSR count). The molecule has 35 heavy (non-hydrogen) atoms. The lowest BCUT2D eigenvalue weighted by molar-refractivity contribution is 0.0984. The summed E-state index contributed by atoms with van der Waals surface area (Å²) in [5.41, 5.74) is 1.74. The third kappa shape index (κ3) is 17.3. The Bertz CT molecular complexity index is 578. The van der Waals surface area contributed by atoms with Gasteiger partial charge in [0.15, 0.2) is 0 Å². The third-order valence-corrected chi connectivity index (χ3v) is 5.41. The number of carbonyl (C=O) groups excluding carboxylic acids is 1. The van der Waals surface area contributed by atoms with E-state index in [1.807, 2.05) is 78.5 Å². The van der Waals surface area contributed by atoms with Crippen LogP contribution in [0.5, 0.6) is 0 Å². The van der Waals surface area contributed by atoms with E-state index >= 15 is 0 Å². The highest BCUT2D eigenvalue weighted by atomic mass is 16.2. The molecule has 1 aromatic carbocycles.